The van der Waals surface area contributed by atoms with Crippen LogP contribution in [0.4, 0.5) is 8.78 Å². The van der Waals surface area contributed by atoms with Crippen LogP contribution in [-0.4, -0.2) is 42.3 Å². The van der Waals surface area contributed by atoms with Crippen LogP contribution in [0.2, 0.25) is 0 Å². The van der Waals surface area contributed by atoms with Crippen LogP contribution >= 0.6 is 0 Å². The molecule has 0 spiro atoms. The van der Waals surface area contributed by atoms with Gasteiger partial charge in [-0.25, -0.2) is 13.4 Å². The zero-order valence-electron chi connectivity index (χ0n) is 26.2. The molecule has 6 heteroatoms. The summed E-state index contributed by atoms with van der Waals surface area (Å²) in [7, 11) is 1.69. The largest absolute Gasteiger partial charge is 0.493 e. The number of ether oxygens (including phenoxy) is 2. The van der Waals surface area contributed by atoms with Crippen molar-refractivity contribution in [3.63, 3.8) is 0 Å². The molecule has 0 unspecified atom stereocenters. The highest BCUT2D eigenvalue weighted by Gasteiger charge is 2.30. The predicted molar refractivity (Wildman–Crippen MR) is 168 cm³/mol. The van der Waals surface area contributed by atoms with Gasteiger partial charge in [0.05, 0.1) is 19.3 Å². The molecular formula is C36H54F2NO3+. The summed E-state index contributed by atoms with van der Waals surface area (Å²) in [5, 5.41) is 8.96. The number of hydrogen-bond donors (Lipinski definition) is 1. The smallest absolute Gasteiger partial charge is 0.184 e. The molecule has 1 aliphatic rings. The van der Waals surface area contributed by atoms with Gasteiger partial charge >= 0.3 is 0 Å². The first kappa shape index (κ1) is 34.0. The van der Waals surface area contributed by atoms with Crippen LogP contribution in [0, 0.1) is 11.6 Å². The van der Waals surface area contributed by atoms with Crippen LogP contribution in [0.25, 0.3) is 0 Å². The van der Waals surface area contributed by atoms with Crippen molar-refractivity contribution in [1.82, 2.24) is 0 Å². The molecule has 1 N–H and O–H groups in total. The lowest BCUT2D eigenvalue weighted by molar-refractivity contribution is -0.546. The quantitative estimate of drug-likeness (QED) is 0.110. The zero-order chi connectivity index (χ0) is 30.0. The van der Waals surface area contributed by atoms with Gasteiger partial charge in [-0.2, -0.15) is 0 Å². The molecule has 234 valence electrons. The molecule has 0 aromatic heterocycles. The summed E-state index contributed by atoms with van der Waals surface area (Å²) >= 11 is 0. The van der Waals surface area contributed by atoms with E-state index >= 15 is 0 Å². The van der Waals surface area contributed by atoms with E-state index in [1.807, 2.05) is 6.07 Å². The summed E-state index contributed by atoms with van der Waals surface area (Å²) in [6, 6.07) is 7.85. The van der Waals surface area contributed by atoms with Crippen molar-refractivity contribution < 1.29 is 27.9 Å². The van der Waals surface area contributed by atoms with E-state index in [2.05, 4.69) is 17.6 Å². The summed E-state index contributed by atoms with van der Waals surface area (Å²) in [5.41, 5.74) is 3.91. The third kappa shape index (κ3) is 11.0. The van der Waals surface area contributed by atoms with Crippen molar-refractivity contribution in [1.29, 1.82) is 0 Å². The molecule has 1 heterocycles. The number of rotatable bonds is 22. The number of unbranched alkanes of at least 4 members (excludes halogenated alkanes) is 13. The summed E-state index contributed by atoms with van der Waals surface area (Å²) in [6.07, 6.45) is 19.4. The monoisotopic (exact) mass is 586 g/mol. The summed E-state index contributed by atoms with van der Waals surface area (Å²) < 4.78 is 43.0. The van der Waals surface area contributed by atoms with Gasteiger partial charge in [0.25, 0.3) is 0 Å². The summed E-state index contributed by atoms with van der Waals surface area (Å²) in [6.45, 7) is 4.24. The van der Waals surface area contributed by atoms with E-state index in [0.717, 1.165) is 81.4 Å². The fourth-order valence-corrected chi connectivity index (χ4v) is 6.03. The molecule has 0 saturated carbocycles. The molecule has 0 saturated heterocycles. The number of aliphatic hydroxyl groups is 1. The van der Waals surface area contributed by atoms with E-state index in [9.17, 15) is 8.78 Å². The molecule has 2 aromatic rings. The molecule has 0 bridgehead atoms. The van der Waals surface area contributed by atoms with E-state index in [0.29, 0.717) is 18.7 Å². The maximum absolute atomic E-state index is 14.7. The molecule has 0 amide bonds. The lowest BCUT2D eigenvalue weighted by Crippen LogP contribution is -2.31. The first-order valence-electron chi connectivity index (χ1n) is 16.6. The molecular weight excluding hydrogens is 532 g/mol. The van der Waals surface area contributed by atoms with Crippen molar-refractivity contribution >= 4 is 5.71 Å². The van der Waals surface area contributed by atoms with Crippen molar-refractivity contribution in [2.45, 2.75) is 123 Å². The van der Waals surface area contributed by atoms with Crippen molar-refractivity contribution in [2.24, 2.45) is 0 Å². The van der Waals surface area contributed by atoms with Crippen molar-refractivity contribution in [2.75, 3.05) is 26.9 Å². The van der Waals surface area contributed by atoms with Gasteiger partial charge in [0.15, 0.2) is 23.8 Å². The highest BCUT2D eigenvalue weighted by atomic mass is 19.1. The minimum atomic E-state index is -0.405. The van der Waals surface area contributed by atoms with Gasteiger partial charge in [0, 0.05) is 30.6 Å². The van der Waals surface area contributed by atoms with Crippen LogP contribution in [0.5, 0.6) is 11.5 Å². The van der Waals surface area contributed by atoms with Crippen LogP contribution in [-0.2, 0) is 13.0 Å². The molecule has 2 aromatic carbocycles. The fourth-order valence-electron chi connectivity index (χ4n) is 6.03. The molecule has 0 atom stereocenters. The van der Waals surface area contributed by atoms with E-state index in [4.69, 9.17) is 14.6 Å². The standard InChI is InChI=1S/C36H54F2NO3/c1-3-4-5-6-7-8-9-12-15-18-34-31-20-22-35(41-2)36(42-26-17-14-11-10-13-16-25-40)32(31)23-24-39(34)28-29-27-30(37)19-21-33(29)38/h19-22,27,40H,3-18,23-26,28H2,1-2H3/q+1. The zero-order valence-corrected chi connectivity index (χ0v) is 26.2. The first-order chi connectivity index (χ1) is 20.6. The summed E-state index contributed by atoms with van der Waals surface area (Å²) in [5.74, 6) is 0.818. The second kappa shape index (κ2) is 19.7. The van der Waals surface area contributed by atoms with Gasteiger partial charge in [-0.15, -0.1) is 0 Å². The fraction of sp³-hybridized carbons (Fsp3) is 0.639. The van der Waals surface area contributed by atoms with E-state index in [-0.39, 0.29) is 12.4 Å². The third-order valence-electron chi connectivity index (χ3n) is 8.45. The van der Waals surface area contributed by atoms with Gasteiger partial charge in [0.1, 0.15) is 18.2 Å². The number of hydrogen-bond acceptors (Lipinski definition) is 3. The minimum Gasteiger partial charge on any atom is -0.493 e. The normalized spacial score (nSPS) is 13.0. The van der Waals surface area contributed by atoms with Gasteiger partial charge in [-0.3, -0.25) is 0 Å². The highest BCUT2D eigenvalue weighted by Crippen LogP contribution is 2.37. The average molecular weight is 587 g/mol. The van der Waals surface area contributed by atoms with Gasteiger partial charge in [-0.1, -0.05) is 84.0 Å². The second-order valence-corrected chi connectivity index (χ2v) is 11.7. The van der Waals surface area contributed by atoms with E-state index < -0.39 is 5.82 Å². The van der Waals surface area contributed by atoms with E-state index in [1.54, 1.807) is 7.11 Å². The Morgan fingerprint density at radius 1 is 0.810 bits per heavy atom. The lowest BCUT2D eigenvalue weighted by atomic mass is 9.91. The number of aliphatic hydroxyl groups excluding tert-OH is 1. The van der Waals surface area contributed by atoms with Crippen LogP contribution in [0.15, 0.2) is 30.3 Å². The highest BCUT2D eigenvalue weighted by molar-refractivity contribution is 5.99. The average Bonchev–Trinajstić information content (AvgIpc) is 3.00. The molecule has 1 aliphatic heterocycles. The number of halogens is 2. The first-order valence-corrected chi connectivity index (χ1v) is 16.6. The van der Waals surface area contributed by atoms with Gasteiger partial charge < -0.3 is 14.6 Å². The third-order valence-corrected chi connectivity index (χ3v) is 8.45. The van der Waals surface area contributed by atoms with Gasteiger partial charge in [-0.05, 0) is 49.6 Å². The Kier molecular flexibility index (Phi) is 15.9. The molecule has 0 radical (unpaired) electrons. The predicted octanol–water partition coefficient (Wildman–Crippen LogP) is 9.16. The van der Waals surface area contributed by atoms with Crippen molar-refractivity contribution in [3.8, 4) is 11.5 Å². The molecule has 4 nitrogen and oxygen atoms in total. The number of methoxy groups -OCH3 is 1. The Morgan fingerprint density at radius 3 is 2.17 bits per heavy atom. The van der Waals surface area contributed by atoms with Gasteiger partial charge in [0.2, 0.25) is 0 Å². The Morgan fingerprint density at radius 2 is 1.48 bits per heavy atom. The molecule has 0 fully saturated rings. The second-order valence-electron chi connectivity index (χ2n) is 11.7. The molecule has 0 aliphatic carbocycles. The van der Waals surface area contributed by atoms with Crippen LogP contribution < -0.4 is 9.47 Å². The SMILES string of the molecule is CCCCCCCCCCCC1=[N+](Cc2cc(F)ccc2F)CCc2c1ccc(OC)c2OCCCCCCCCO. The maximum Gasteiger partial charge on any atom is 0.184 e. The number of fused-ring (bicyclic) bond motifs is 1. The van der Waals surface area contributed by atoms with Crippen molar-refractivity contribution in [3.05, 3.63) is 58.7 Å². The Hall–Kier alpha value is -2.47. The van der Waals surface area contributed by atoms with Crippen LogP contribution in [0.1, 0.15) is 126 Å². The summed E-state index contributed by atoms with van der Waals surface area (Å²) in [4.78, 5) is 0. The number of benzene rings is 2. The minimum absolute atomic E-state index is 0.273. The molecule has 42 heavy (non-hydrogen) atoms. The Balaban J connectivity index is 1.73. The Bertz CT molecular complexity index is 1100. The topological polar surface area (TPSA) is 41.7 Å². The lowest BCUT2D eigenvalue weighted by Gasteiger charge is -2.23. The molecule has 3 rings (SSSR count). The number of nitrogens with zero attached hydrogens (tertiary/aromatic N) is 1. The maximum atomic E-state index is 14.7. The Labute approximate surface area is 253 Å². The van der Waals surface area contributed by atoms with E-state index in [1.165, 1.54) is 80.8 Å². The van der Waals surface area contributed by atoms with Crippen LogP contribution in [0.3, 0.4) is 0 Å².